The van der Waals surface area contributed by atoms with Crippen molar-refractivity contribution in [2.24, 2.45) is 0 Å². The van der Waals surface area contributed by atoms with E-state index < -0.39 is 5.82 Å². The van der Waals surface area contributed by atoms with Crippen LogP contribution >= 0.6 is 15.9 Å². The van der Waals surface area contributed by atoms with Gasteiger partial charge in [-0.1, -0.05) is 12.7 Å². The minimum atomic E-state index is -0.565. The molecule has 0 saturated carbocycles. The summed E-state index contributed by atoms with van der Waals surface area (Å²) in [5, 5.41) is 0. The summed E-state index contributed by atoms with van der Waals surface area (Å²) < 4.78 is 18.8. The van der Waals surface area contributed by atoms with Gasteiger partial charge in [-0.2, -0.15) is 0 Å². The Morgan fingerprint density at radius 3 is 2.87 bits per heavy atom. The number of benzene rings is 1. The third-order valence-electron chi connectivity index (χ3n) is 1.89. The number of aldehydes is 1. The van der Waals surface area contributed by atoms with Gasteiger partial charge in [0.05, 0.1) is 4.47 Å². The molecule has 0 bridgehead atoms. The number of ether oxygens (including phenoxy) is 1. The third kappa shape index (κ3) is 2.45. The first-order valence-electron chi connectivity index (χ1n) is 4.29. The van der Waals surface area contributed by atoms with Gasteiger partial charge in [-0.05, 0) is 34.5 Å². The molecule has 0 radical (unpaired) electrons. The van der Waals surface area contributed by atoms with E-state index >= 15 is 0 Å². The van der Waals surface area contributed by atoms with Gasteiger partial charge in [-0.25, -0.2) is 4.39 Å². The monoisotopic (exact) mass is 272 g/mol. The van der Waals surface area contributed by atoms with E-state index in [9.17, 15) is 9.18 Å². The quantitative estimate of drug-likeness (QED) is 0.621. The highest BCUT2D eigenvalue weighted by Crippen LogP contribution is 2.30. The van der Waals surface area contributed by atoms with Crippen LogP contribution in [0.15, 0.2) is 23.2 Å². The number of rotatable bonds is 4. The van der Waals surface area contributed by atoms with Crippen molar-refractivity contribution in [3.8, 4) is 5.75 Å². The highest BCUT2D eigenvalue weighted by atomic mass is 79.9. The molecule has 0 fully saturated rings. The fourth-order valence-corrected chi connectivity index (χ4v) is 1.74. The molecule has 4 heteroatoms. The van der Waals surface area contributed by atoms with E-state index in [0.717, 1.165) is 0 Å². The van der Waals surface area contributed by atoms with Crippen molar-refractivity contribution in [3.05, 3.63) is 40.1 Å². The van der Waals surface area contributed by atoms with Crippen LogP contribution in [0, 0.1) is 12.7 Å². The lowest BCUT2D eigenvalue weighted by atomic mass is 10.1. The van der Waals surface area contributed by atoms with Crippen molar-refractivity contribution < 1.29 is 13.9 Å². The summed E-state index contributed by atoms with van der Waals surface area (Å²) in [6, 6.07) is 1.49. The Labute approximate surface area is 95.9 Å². The van der Waals surface area contributed by atoms with E-state index in [0.29, 0.717) is 17.4 Å². The van der Waals surface area contributed by atoms with Crippen LogP contribution in [0.25, 0.3) is 0 Å². The van der Waals surface area contributed by atoms with Gasteiger partial charge in [0.15, 0.2) is 17.9 Å². The standard InChI is InChI=1S/C11H10BrFO2/c1-3-4-15-9-5-7(2)8(6-14)10(12)11(9)13/h3,5-6H,1,4H2,2H3. The molecule has 15 heavy (non-hydrogen) atoms. The van der Waals surface area contributed by atoms with Crippen LogP contribution < -0.4 is 4.74 Å². The molecule has 1 rings (SSSR count). The zero-order chi connectivity index (χ0) is 11.4. The Morgan fingerprint density at radius 1 is 1.67 bits per heavy atom. The Bertz CT molecular complexity index is 402. The maximum absolute atomic E-state index is 13.6. The highest BCUT2D eigenvalue weighted by molar-refractivity contribution is 9.10. The maximum Gasteiger partial charge on any atom is 0.179 e. The number of carbonyl (C=O) groups is 1. The molecule has 0 atom stereocenters. The number of aryl methyl sites for hydroxylation is 1. The molecule has 0 amide bonds. The Hall–Kier alpha value is -1.16. The predicted octanol–water partition coefficient (Wildman–Crippen LogP) is 3.27. The van der Waals surface area contributed by atoms with Crippen LogP contribution in [0.2, 0.25) is 0 Å². The van der Waals surface area contributed by atoms with Crippen molar-refractivity contribution in [2.45, 2.75) is 6.92 Å². The van der Waals surface area contributed by atoms with Gasteiger partial charge in [-0.3, -0.25) is 4.79 Å². The lowest BCUT2D eigenvalue weighted by Gasteiger charge is -2.09. The zero-order valence-corrected chi connectivity index (χ0v) is 9.80. The second kappa shape index (κ2) is 5.07. The summed E-state index contributed by atoms with van der Waals surface area (Å²) in [7, 11) is 0. The predicted molar refractivity (Wildman–Crippen MR) is 59.9 cm³/mol. The highest BCUT2D eigenvalue weighted by Gasteiger charge is 2.14. The minimum Gasteiger partial charge on any atom is -0.486 e. The summed E-state index contributed by atoms with van der Waals surface area (Å²) in [4.78, 5) is 10.7. The van der Waals surface area contributed by atoms with Crippen LogP contribution in [-0.2, 0) is 0 Å². The fourth-order valence-electron chi connectivity index (χ4n) is 1.14. The summed E-state index contributed by atoms with van der Waals surface area (Å²) >= 11 is 3.02. The Kier molecular flexibility index (Phi) is 4.03. The van der Waals surface area contributed by atoms with Gasteiger partial charge < -0.3 is 4.74 Å². The van der Waals surface area contributed by atoms with Gasteiger partial charge in [0.2, 0.25) is 0 Å². The molecular formula is C11H10BrFO2. The molecule has 0 aliphatic heterocycles. The molecule has 0 aliphatic carbocycles. The number of hydrogen-bond donors (Lipinski definition) is 0. The number of halogens is 2. The molecule has 1 aromatic carbocycles. The molecule has 2 nitrogen and oxygen atoms in total. The second-order valence-electron chi connectivity index (χ2n) is 2.95. The zero-order valence-electron chi connectivity index (χ0n) is 8.22. The summed E-state index contributed by atoms with van der Waals surface area (Å²) in [5.41, 5.74) is 0.968. The summed E-state index contributed by atoms with van der Waals surface area (Å²) in [5.74, 6) is -0.450. The average Bonchev–Trinajstić information content (AvgIpc) is 2.22. The van der Waals surface area contributed by atoms with Crippen LogP contribution in [0.4, 0.5) is 4.39 Å². The average molecular weight is 273 g/mol. The first-order valence-corrected chi connectivity index (χ1v) is 5.08. The van der Waals surface area contributed by atoms with Crippen molar-refractivity contribution in [1.29, 1.82) is 0 Å². The maximum atomic E-state index is 13.6. The van der Waals surface area contributed by atoms with Crippen LogP contribution in [0.5, 0.6) is 5.75 Å². The molecular weight excluding hydrogens is 263 g/mol. The van der Waals surface area contributed by atoms with Crippen LogP contribution in [-0.4, -0.2) is 12.9 Å². The Morgan fingerprint density at radius 2 is 2.33 bits per heavy atom. The van der Waals surface area contributed by atoms with Crippen LogP contribution in [0.1, 0.15) is 15.9 Å². The molecule has 0 aromatic heterocycles. The molecule has 80 valence electrons. The topological polar surface area (TPSA) is 26.3 Å². The van der Waals surface area contributed by atoms with E-state index in [1.165, 1.54) is 12.1 Å². The smallest absolute Gasteiger partial charge is 0.179 e. The van der Waals surface area contributed by atoms with Gasteiger partial charge in [0.25, 0.3) is 0 Å². The molecule has 0 unspecified atom stereocenters. The molecule has 0 N–H and O–H groups in total. The van der Waals surface area contributed by atoms with Gasteiger partial charge in [0, 0.05) is 5.56 Å². The first kappa shape index (κ1) is 11.9. The van der Waals surface area contributed by atoms with Crippen molar-refractivity contribution in [1.82, 2.24) is 0 Å². The third-order valence-corrected chi connectivity index (χ3v) is 2.67. The van der Waals surface area contributed by atoms with E-state index in [1.54, 1.807) is 6.92 Å². The lowest BCUT2D eigenvalue weighted by molar-refractivity contribution is 0.112. The van der Waals surface area contributed by atoms with Crippen LogP contribution in [0.3, 0.4) is 0 Å². The van der Waals surface area contributed by atoms with E-state index in [4.69, 9.17) is 4.74 Å². The van der Waals surface area contributed by atoms with Crippen molar-refractivity contribution in [2.75, 3.05) is 6.61 Å². The van der Waals surface area contributed by atoms with Gasteiger partial charge >= 0.3 is 0 Å². The molecule has 0 heterocycles. The fraction of sp³-hybridized carbons (Fsp3) is 0.182. The second-order valence-corrected chi connectivity index (χ2v) is 3.74. The Balaban J connectivity index is 3.20. The van der Waals surface area contributed by atoms with E-state index in [1.807, 2.05) is 0 Å². The van der Waals surface area contributed by atoms with Crippen molar-refractivity contribution in [3.63, 3.8) is 0 Å². The molecule has 0 saturated heterocycles. The molecule has 1 aromatic rings. The molecule has 0 aliphatic rings. The van der Waals surface area contributed by atoms with E-state index in [2.05, 4.69) is 22.5 Å². The minimum absolute atomic E-state index is 0.116. The SMILES string of the molecule is C=CCOc1cc(C)c(C=O)c(Br)c1F. The summed E-state index contributed by atoms with van der Waals surface area (Å²) in [6.45, 7) is 5.41. The van der Waals surface area contributed by atoms with E-state index in [-0.39, 0.29) is 16.8 Å². The van der Waals surface area contributed by atoms with Gasteiger partial charge in [0.1, 0.15) is 6.61 Å². The van der Waals surface area contributed by atoms with Crippen molar-refractivity contribution >= 4 is 22.2 Å². The van der Waals surface area contributed by atoms with Gasteiger partial charge in [-0.15, -0.1) is 0 Å². The normalized spacial score (nSPS) is 9.80. The molecule has 0 spiro atoms. The lowest BCUT2D eigenvalue weighted by Crippen LogP contribution is -2.00. The first-order chi connectivity index (χ1) is 7.11. The number of hydrogen-bond acceptors (Lipinski definition) is 2. The largest absolute Gasteiger partial charge is 0.486 e. The number of carbonyl (C=O) groups excluding carboxylic acids is 1. The summed E-state index contributed by atoms with van der Waals surface area (Å²) in [6.07, 6.45) is 2.14.